The highest BCUT2D eigenvalue weighted by atomic mass is 32.1. The zero-order chi connectivity index (χ0) is 15.0. The zero-order valence-corrected chi connectivity index (χ0v) is 13.4. The fraction of sp³-hybridized carbons (Fsp3) is 0.625. The van der Waals surface area contributed by atoms with Gasteiger partial charge in [0.1, 0.15) is 12.1 Å². The summed E-state index contributed by atoms with van der Waals surface area (Å²) in [6.45, 7) is 4.67. The van der Waals surface area contributed by atoms with Crippen LogP contribution < -0.4 is 0 Å². The number of fused-ring (bicyclic) bond motifs is 1. The van der Waals surface area contributed by atoms with E-state index in [9.17, 15) is 9.59 Å². The van der Waals surface area contributed by atoms with Crippen molar-refractivity contribution in [3.05, 3.63) is 22.4 Å². The second-order valence-corrected chi connectivity index (χ2v) is 7.13. The summed E-state index contributed by atoms with van der Waals surface area (Å²) in [4.78, 5) is 30.3. The van der Waals surface area contributed by atoms with Crippen LogP contribution in [0.3, 0.4) is 0 Å². The standard InChI is InChI=1S/C16H22N2O2S/c1-11(10-13-6-5-9-21-13)18-12(2)15(19)17-8-4-3-7-14(17)16(18)20/h5-6,9,11-12,14H,3-4,7-8,10H2,1-2H3. The van der Waals surface area contributed by atoms with E-state index in [2.05, 4.69) is 18.4 Å². The molecule has 3 rings (SSSR count). The van der Waals surface area contributed by atoms with Crippen molar-refractivity contribution >= 4 is 23.2 Å². The first-order valence-electron chi connectivity index (χ1n) is 7.74. The Morgan fingerprint density at radius 3 is 2.86 bits per heavy atom. The number of hydrogen-bond acceptors (Lipinski definition) is 3. The first-order valence-corrected chi connectivity index (χ1v) is 8.62. The van der Waals surface area contributed by atoms with Crippen molar-refractivity contribution in [2.75, 3.05) is 6.54 Å². The van der Waals surface area contributed by atoms with E-state index in [1.807, 2.05) is 22.8 Å². The molecule has 3 unspecified atom stereocenters. The molecule has 0 saturated carbocycles. The molecule has 3 atom stereocenters. The Balaban J connectivity index is 1.80. The van der Waals surface area contributed by atoms with E-state index in [0.29, 0.717) is 0 Å². The minimum Gasteiger partial charge on any atom is -0.329 e. The number of carbonyl (C=O) groups excluding carboxylic acids is 2. The summed E-state index contributed by atoms with van der Waals surface area (Å²) < 4.78 is 0. The van der Waals surface area contributed by atoms with E-state index in [1.165, 1.54) is 4.88 Å². The molecule has 4 nitrogen and oxygen atoms in total. The Bertz CT molecular complexity index is 528. The number of rotatable bonds is 3. The van der Waals surface area contributed by atoms with Crippen LogP contribution in [0.15, 0.2) is 17.5 Å². The maximum atomic E-state index is 12.8. The highest BCUT2D eigenvalue weighted by molar-refractivity contribution is 7.09. The summed E-state index contributed by atoms with van der Waals surface area (Å²) in [6.07, 6.45) is 3.71. The van der Waals surface area contributed by atoms with Crippen LogP contribution >= 0.6 is 11.3 Å². The Hall–Kier alpha value is -1.36. The lowest BCUT2D eigenvalue weighted by Crippen LogP contribution is -2.66. The van der Waals surface area contributed by atoms with Gasteiger partial charge in [-0.05, 0) is 44.6 Å². The van der Waals surface area contributed by atoms with Gasteiger partial charge in [-0.3, -0.25) is 9.59 Å². The maximum absolute atomic E-state index is 12.8. The predicted octanol–water partition coefficient (Wildman–Crippen LogP) is 2.29. The third-order valence-electron chi connectivity index (χ3n) is 4.65. The minimum atomic E-state index is -0.332. The largest absolute Gasteiger partial charge is 0.329 e. The quantitative estimate of drug-likeness (QED) is 0.859. The SMILES string of the molecule is CC(Cc1cccs1)N1C(=O)C2CCCCN2C(=O)C1C. The molecular weight excluding hydrogens is 284 g/mol. The first kappa shape index (κ1) is 14.6. The number of nitrogens with zero attached hydrogens (tertiary/aromatic N) is 2. The van der Waals surface area contributed by atoms with Crippen molar-refractivity contribution in [2.24, 2.45) is 0 Å². The van der Waals surface area contributed by atoms with E-state index in [-0.39, 0.29) is 29.9 Å². The second kappa shape index (κ2) is 5.79. The van der Waals surface area contributed by atoms with Gasteiger partial charge in [-0.2, -0.15) is 0 Å². The van der Waals surface area contributed by atoms with E-state index in [0.717, 1.165) is 32.2 Å². The van der Waals surface area contributed by atoms with Gasteiger partial charge in [-0.25, -0.2) is 0 Å². The van der Waals surface area contributed by atoms with Gasteiger partial charge in [0.05, 0.1) is 0 Å². The van der Waals surface area contributed by atoms with Crippen LogP contribution in [0, 0.1) is 0 Å². The number of hydrogen-bond donors (Lipinski definition) is 0. The lowest BCUT2D eigenvalue weighted by molar-refractivity contribution is -0.165. The van der Waals surface area contributed by atoms with Crippen LogP contribution in [-0.2, 0) is 16.0 Å². The molecule has 2 amide bonds. The molecule has 0 bridgehead atoms. The summed E-state index contributed by atoms with van der Waals surface area (Å²) in [5, 5.41) is 2.05. The molecule has 21 heavy (non-hydrogen) atoms. The van der Waals surface area contributed by atoms with Crippen LogP contribution in [-0.4, -0.2) is 46.3 Å². The fourth-order valence-corrected chi connectivity index (χ4v) is 4.42. The molecule has 1 aromatic heterocycles. The average Bonchev–Trinajstić information content (AvgIpc) is 2.98. The van der Waals surface area contributed by atoms with Crippen molar-refractivity contribution in [3.63, 3.8) is 0 Å². The summed E-state index contributed by atoms with van der Waals surface area (Å²) in [5.74, 6) is 0.267. The molecule has 2 aliphatic heterocycles. The molecule has 114 valence electrons. The average molecular weight is 306 g/mol. The Kier molecular flexibility index (Phi) is 4.02. The molecule has 2 fully saturated rings. The monoisotopic (exact) mass is 306 g/mol. The maximum Gasteiger partial charge on any atom is 0.246 e. The zero-order valence-electron chi connectivity index (χ0n) is 12.6. The van der Waals surface area contributed by atoms with Gasteiger partial charge in [-0.1, -0.05) is 6.07 Å². The van der Waals surface area contributed by atoms with Crippen molar-refractivity contribution in [1.82, 2.24) is 9.80 Å². The molecular formula is C16H22N2O2S. The third-order valence-corrected chi connectivity index (χ3v) is 5.55. The molecule has 0 aromatic carbocycles. The molecule has 1 aromatic rings. The molecule has 0 radical (unpaired) electrons. The van der Waals surface area contributed by atoms with Gasteiger partial charge in [0.2, 0.25) is 11.8 Å². The summed E-state index contributed by atoms with van der Waals surface area (Å²) >= 11 is 1.71. The molecule has 2 saturated heterocycles. The van der Waals surface area contributed by atoms with Gasteiger partial charge in [0.15, 0.2) is 0 Å². The number of thiophene rings is 1. The molecule has 0 N–H and O–H groups in total. The topological polar surface area (TPSA) is 40.6 Å². The van der Waals surface area contributed by atoms with E-state index < -0.39 is 0 Å². The van der Waals surface area contributed by atoms with Crippen LogP contribution in [0.4, 0.5) is 0 Å². The highest BCUT2D eigenvalue weighted by Crippen LogP contribution is 2.28. The Morgan fingerprint density at radius 2 is 2.14 bits per heavy atom. The van der Waals surface area contributed by atoms with Crippen LogP contribution in [0.2, 0.25) is 0 Å². The van der Waals surface area contributed by atoms with Gasteiger partial charge in [-0.15, -0.1) is 11.3 Å². The molecule has 5 heteroatoms. The first-order chi connectivity index (χ1) is 10.1. The van der Waals surface area contributed by atoms with Crippen LogP contribution in [0.5, 0.6) is 0 Å². The van der Waals surface area contributed by atoms with Gasteiger partial charge < -0.3 is 9.80 Å². The smallest absolute Gasteiger partial charge is 0.246 e. The lowest BCUT2D eigenvalue weighted by Gasteiger charge is -2.48. The normalized spacial score (nSPS) is 27.7. The summed E-state index contributed by atoms with van der Waals surface area (Å²) in [7, 11) is 0. The number of carbonyl (C=O) groups is 2. The Labute approximate surface area is 129 Å². The van der Waals surface area contributed by atoms with Gasteiger partial charge in [0, 0.05) is 23.9 Å². The van der Waals surface area contributed by atoms with E-state index in [4.69, 9.17) is 0 Å². The van der Waals surface area contributed by atoms with E-state index >= 15 is 0 Å². The van der Waals surface area contributed by atoms with Crippen molar-refractivity contribution < 1.29 is 9.59 Å². The number of piperidine rings is 1. The highest BCUT2D eigenvalue weighted by Gasteiger charge is 2.46. The van der Waals surface area contributed by atoms with Crippen molar-refractivity contribution in [2.45, 2.75) is 57.7 Å². The van der Waals surface area contributed by atoms with Crippen molar-refractivity contribution in [1.29, 1.82) is 0 Å². The van der Waals surface area contributed by atoms with E-state index in [1.54, 1.807) is 11.3 Å². The Morgan fingerprint density at radius 1 is 1.33 bits per heavy atom. The number of amides is 2. The van der Waals surface area contributed by atoms with Gasteiger partial charge >= 0.3 is 0 Å². The summed E-state index contributed by atoms with van der Waals surface area (Å²) in [6, 6.07) is 3.64. The van der Waals surface area contributed by atoms with Crippen LogP contribution in [0.25, 0.3) is 0 Å². The second-order valence-electron chi connectivity index (χ2n) is 6.10. The molecule has 3 heterocycles. The van der Waals surface area contributed by atoms with Crippen LogP contribution in [0.1, 0.15) is 38.0 Å². The fourth-order valence-electron chi connectivity index (χ4n) is 3.59. The minimum absolute atomic E-state index is 0.0687. The van der Waals surface area contributed by atoms with Crippen molar-refractivity contribution in [3.8, 4) is 0 Å². The lowest BCUT2D eigenvalue weighted by atomic mass is 9.94. The van der Waals surface area contributed by atoms with Gasteiger partial charge in [0.25, 0.3) is 0 Å². The summed E-state index contributed by atoms with van der Waals surface area (Å²) in [5.41, 5.74) is 0. The third kappa shape index (κ3) is 2.59. The number of piperazine rings is 1. The molecule has 0 aliphatic carbocycles. The predicted molar refractivity (Wildman–Crippen MR) is 83.1 cm³/mol. The molecule has 0 spiro atoms. The molecule has 2 aliphatic rings.